The zero-order chi connectivity index (χ0) is 17.0. The Labute approximate surface area is 137 Å². The highest BCUT2D eigenvalue weighted by molar-refractivity contribution is 5.98. The Morgan fingerprint density at radius 2 is 1.92 bits per heavy atom. The van der Waals surface area contributed by atoms with Gasteiger partial charge in [0.05, 0.1) is 17.0 Å². The summed E-state index contributed by atoms with van der Waals surface area (Å²) < 4.78 is 19.3. The summed E-state index contributed by atoms with van der Waals surface area (Å²) in [6.07, 6.45) is 0. The first-order valence-electron chi connectivity index (χ1n) is 7.57. The largest absolute Gasteiger partial charge is 0.450 e. The predicted molar refractivity (Wildman–Crippen MR) is 87.6 cm³/mol. The maximum Gasteiger partial charge on any atom is 0.290 e. The molecule has 3 aromatic rings. The quantitative estimate of drug-likeness (QED) is 0.689. The minimum Gasteiger partial charge on any atom is -0.450 e. The van der Waals surface area contributed by atoms with E-state index in [0.717, 1.165) is 5.56 Å². The van der Waals surface area contributed by atoms with Gasteiger partial charge in [-0.3, -0.25) is 9.59 Å². The van der Waals surface area contributed by atoms with E-state index in [0.29, 0.717) is 16.5 Å². The van der Waals surface area contributed by atoms with Crippen molar-refractivity contribution in [3.63, 3.8) is 0 Å². The van der Waals surface area contributed by atoms with Crippen LogP contribution < -0.4 is 5.43 Å². The number of hydrogen-bond donors (Lipinski definition) is 0. The van der Waals surface area contributed by atoms with E-state index in [9.17, 15) is 14.0 Å². The third kappa shape index (κ3) is 1.98. The Morgan fingerprint density at radius 3 is 2.67 bits per heavy atom. The molecule has 2 aromatic carbocycles. The van der Waals surface area contributed by atoms with Crippen LogP contribution in [0.2, 0.25) is 0 Å². The van der Waals surface area contributed by atoms with Gasteiger partial charge in [0.1, 0.15) is 11.4 Å². The Balaban J connectivity index is 2.05. The number of aryl methyl sites for hydroxylation is 1. The molecule has 120 valence electrons. The second-order valence-corrected chi connectivity index (χ2v) is 6.05. The maximum absolute atomic E-state index is 13.6. The second-order valence-electron chi connectivity index (χ2n) is 6.05. The van der Waals surface area contributed by atoms with Crippen LogP contribution in [-0.4, -0.2) is 17.9 Å². The lowest BCUT2D eigenvalue weighted by Crippen LogP contribution is -2.25. The highest BCUT2D eigenvalue weighted by Gasteiger charge is 2.40. The van der Waals surface area contributed by atoms with Gasteiger partial charge in [0.2, 0.25) is 5.76 Å². The predicted octanol–water partition coefficient (Wildman–Crippen LogP) is 3.42. The van der Waals surface area contributed by atoms with E-state index in [1.807, 2.05) is 13.0 Å². The van der Waals surface area contributed by atoms with Gasteiger partial charge in [0.15, 0.2) is 5.43 Å². The van der Waals surface area contributed by atoms with Crippen LogP contribution in [0.15, 0.2) is 51.7 Å². The van der Waals surface area contributed by atoms with Crippen molar-refractivity contribution in [2.24, 2.45) is 0 Å². The molecule has 1 amide bonds. The van der Waals surface area contributed by atoms with Gasteiger partial charge in [0, 0.05) is 7.05 Å². The van der Waals surface area contributed by atoms with Gasteiger partial charge in [0.25, 0.3) is 5.91 Å². The number of hydrogen-bond acceptors (Lipinski definition) is 3. The number of carbonyl (C=O) groups is 1. The van der Waals surface area contributed by atoms with Gasteiger partial charge in [-0.2, -0.15) is 0 Å². The molecule has 0 saturated carbocycles. The molecule has 1 unspecified atom stereocenters. The average molecular weight is 323 g/mol. The molecule has 0 bridgehead atoms. The van der Waals surface area contributed by atoms with Gasteiger partial charge in [-0.25, -0.2) is 4.39 Å². The molecular formula is C19H14FNO3. The fraction of sp³-hybridized carbons (Fsp3) is 0.158. The first-order chi connectivity index (χ1) is 11.5. The van der Waals surface area contributed by atoms with Crippen LogP contribution >= 0.6 is 0 Å². The molecule has 24 heavy (non-hydrogen) atoms. The third-order valence-electron chi connectivity index (χ3n) is 4.42. The number of nitrogens with zero attached hydrogens (tertiary/aromatic N) is 1. The van der Waals surface area contributed by atoms with Crippen molar-refractivity contribution in [1.29, 1.82) is 0 Å². The zero-order valence-corrected chi connectivity index (χ0v) is 13.2. The molecule has 0 fully saturated rings. The second kappa shape index (κ2) is 5.03. The van der Waals surface area contributed by atoms with Crippen LogP contribution in [0.4, 0.5) is 4.39 Å². The lowest BCUT2D eigenvalue weighted by molar-refractivity contribution is 0.0771. The van der Waals surface area contributed by atoms with Crippen molar-refractivity contribution >= 4 is 16.9 Å². The van der Waals surface area contributed by atoms with Crippen LogP contribution in [0, 0.1) is 12.7 Å². The number of fused-ring (bicyclic) bond motifs is 2. The van der Waals surface area contributed by atoms with Gasteiger partial charge < -0.3 is 9.32 Å². The molecule has 0 spiro atoms. The van der Waals surface area contributed by atoms with Crippen LogP contribution in [0.3, 0.4) is 0 Å². The van der Waals surface area contributed by atoms with Gasteiger partial charge >= 0.3 is 0 Å². The molecule has 4 rings (SSSR count). The minimum atomic E-state index is -0.649. The first-order valence-corrected chi connectivity index (χ1v) is 7.57. The normalized spacial score (nSPS) is 16.7. The molecule has 0 aliphatic carbocycles. The Hall–Kier alpha value is -2.95. The van der Waals surface area contributed by atoms with Crippen molar-refractivity contribution < 1.29 is 13.6 Å². The van der Waals surface area contributed by atoms with Gasteiger partial charge in [-0.1, -0.05) is 23.8 Å². The van der Waals surface area contributed by atoms with Crippen LogP contribution in [0.1, 0.15) is 33.3 Å². The van der Waals surface area contributed by atoms with Crippen molar-refractivity contribution in [2.45, 2.75) is 13.0 Å². The standard InChI is InChI=1S/C19H14FNO3/c1-10-6-7-14-13(8-10)17(22)15-16(11-4-3-5-12(20)9-11)21(2)19(23)18(15)24-14/h3-9,16H,1-2H3. The van der Waals surface area contributed by atoms with Crippen LogP contribution in [0.5, 0.6) is 0 Å². The van der Waals surface area contributed by atoms with E-state index < -0.39 is 11.9 Å². The Morgan fingerprint density at radius 1 is 1.12 bits per heavy atom. The highest BCUT2D eigenvalue weighted by Crippen LogP contribution is 2.37. The lowest BCUT2D eigenvalue weighted by Gasteiger charge is -2.20. The monoisotopic (exact) mass is 323 g/mol. The molecule has 0 N–H and O–H groups in total. The minimum absolute atomic E-state index is 0.0353. The molecule has 1 atom stereocenters. The van der Waals surface area contributed by atoms with E-state index >= 15 is 0 Å². The number of amides is 1. The molecule has 0 saturated heterocycles. The molecule has 1 aliphatic heterocycles. The summed E-state index contributed by atoms with van der Waals surface area (Å²) in [6, 6.07) is 10.5. The van der Waals surface area contributed by atoms with Crippen molar-refractivity contribution in [3.8, 4) is 0 Å². The first kappa shape index (κ1) is 14.6. The van der Waals surface area contributed by atoms with Crippen LogP contribution in [-0.2, 0) is 0 Å². The summed E-state index contributed by atoms with van der Waals surface area (Å²) in [7, 11) is 1.59. The molecule has 4 nitrogen and oxygen atoms in total. The summed E-state index contributed by atoms with van der Waals surface area (Å²) in [5.74, 6) is -0.755. The number of carbonyl (C=O) groups excluding carboxylic acids is 1. The summed E-state index contributed by atoms with van der Waals surface area (Å²) in [5.41, 5.74) is 1.87. The number of halogens is 1. The average Bonchev–Trinajstić information content (AvgIpc) is 2.81. The smallest absolute Gasteiger partial charge is 0.290 e. The Kier molecular flexibility index (Phi) is 3.06. The topological polar surface area (TPSA) is 50.5 Å². The van der Waals surface area contributed by atoms with E-state index in [-0.39, 0.29) is 22.7 Å². The number of benzene rings is 2. The SMILES string of the molecule is Cc1ccc2oc3c(c(=O)c2c1)C(c1cccc(F)c1)N(C)C3=O. The summed E-state index contributed by atoms with van der Waals surface area (Å²) in [5, 5.41) is 0.429. The third-order valence-corrected chi connectivity index (χ3v) is 4.42. The number of rotatable bonds is 1. The fourth-order valence-corrected chi connectivity index (χ4v) is 3.27. The molecule has 1 aliphatic rings. The van der Waals surface area contributed by atoms with E-state index in [1.54, 1.807) is 31.3 Å². The van der Waals surface area contributed by atoms with Crippen molar-refractivity contribution in [1.82, 2.24) is 4.90 Å². The van der Waals surface area contributed by atoms with Crippen molar-refractivity contribution in [2.75, 3.05) is 7.05 Å². The summed E-state index contributed by atoms with van der Waals surface area (Å²) in [6.45, 7) is 1.88. The summed E-state index contributed by atoms with van der Waals surface area (Å²) in [4.78, 5) is 26.9. The molecule has 5 heteroatoms. The molecule has 2 heterocycles. The molecular weight excluding hydrogens is 309 g/mol. The summed E-state index contributed by atoms with van der Waals surface area (Å²) >= 11 is 0. The van der Waals surface area contributed by atoms with E-state index in [4.69, 9.17) is 4.42 Å². The fourth-order valence-electron chi connectivity index (χ4n) is 3.27. The Bertz CT molecular complexity index is 1050. The van der Waals surface area contributed by atoms with E-state index in [1.165, 1.54) is 17.0 Å². The molecule has 1 aromatic heterocycles. The van der Waals surface area contributed by atoms with Crippen molar-refractivity contribution in [3.05, 3.63) is 81.0 Å². The van der Waals surface area contributed by atoms with Crippen LogP contribution in [0.25, 0.3) is 11.0 Å². The van der Waals surface area contributed by atoms with Gasteiger partial charge in [-0.05, 0) is 36.8 Å². The van der Waals surface area contributed by atoms with E-state index in [2.05, 4.69) is 0 Å². The van der Waals surface area contributed by atoms with Gasteiger partial charge in [-0.15, -0.1) is 0 Å². The zero-order valence-electron chi connectivity index (χ0n) is 13.2. The lowest BCUT2D eigenvalue weighted by atomic mass is 9.98. The molecule has 0 radical (unpaired) electrons. The maximum atomic E-state index is 13.6. The highest BCUT2D eigenvalue weighted by atomic mass is 19.1.